The van der Waals surface area contributed by atoms with Crippen molar-refractivity contribution in [2.45, 2.75) is 16.7 Å². The maximum Gasteiger partial charge on any atom is 0.222 e. The Hall–Kier alpha value is -2.88. The Morgan fingerprint density at radius 2 is 1.57 bits per heavy atom. The minimum absolute atomic E-state index is 1.32. The van der Waals surface area contributed by atoms with Crippen molar-refractivity contribution in [3.63, 3.8) is 0 Å². The highest BCUT2D eigenvalue weighted by atomic mass is 32.2. The largest absolute Gasteiger partial charge is 0.222 e. The zero-order valence-corrected chi connectivity index (χ0v) is 18.3. The van der Waals surface area contributed by atoms with E-state index in [-0.39, 0.29) is 0 Å². The smallest absolute Gasteiger partial charge is 0.200 e. The van der Waals surface area contributed by atoms with Crippen molar-refractivity contribution in [1.82, 2.24) is 0 Å². The normalized spacial score (nSPS) is 12.9. The Balaban J connectivity index is 1.74. The van der Waals surface area contributed by atoms with Crippen LogP contribution in [-0.2, 0) is 7.05 Å². The minimum atomic E-state index is 1.32. The number of fused-ring (bicyclic) bond motifs is 7. The summed E-state index contributed by atoms with van der Waals surface area (Å²) in [5, 5.41) is 8.19. The predicted octanol–water partition coefficient (Wildman–Crippen LogP) is 7.63. The quantitative estimate of drug-likeness (QED) is 0.228. The van der Waals surface area contributed by atoms with Crippen LogP contribution in [0.3, 0.4) is 0 Å². The predicted molar refractivity (Wildman–Crippen MR) is 130 cm³/mol. The van der Waals surface area contributed by atoms with Gasteiger partial charge in [-0.25, -0.2) is 4.57 Å². The molecule has 1 nitrogen and oxygen atoms in total. The molecule has 3 heterocycles. The molecule has 0 atom stereocenters. The van der Waals surface area contributed by atoms with E-state index in [1.54, 1.807) is 0 Å². The molecule has 30 heavy (non-hydrogen) atoms. The standard InChI is InChI=1S/C27H18NS2/c1-15-18-8-4-3-7-16(18)13-21-23(15)26-24-17(11-12-28(26)2)14-22-25(27(24)30-21)19-9-5-6-10-20(19)29-22/h3-14H,1-2H3/q+1. The molecule has 6 aromatic rings. The van der Waals surface area contributed by atoms with Gasteiger partial charge in [0.05, 0.1) is 10.9 Å². The van der Waals surface area contributed by atoms with Crippen LogP contribution < -0.4 is 4.57 Å². The van der Waals surface area contributed by atoms with Gasteiger partial charge in [0.1, 0.15) is 7.05 Å². The molecule has 0 unspecified atom stereocenters. The monoisotopic (exact) mass is 420 g/mol. The lowest BCUT2D eigenvalue weighted by Crippen LogP contribution is -2.31. The molecule has 0 saturated carbocycles. The second-order valence-electron chi connectivity index (χ2n) is 8.11. The zero-order chi connectivity index (χ0) is 20.0. The van der Waals surface area contributed by atoms with E-state index in [0.717, 1.165) is 0 Å². The summed E-state index contributed by atoms with van der Waals surface area (Å²) in [7, 11) is 2.18. The summed E-state index contributed by atoms with van der Waals surface area (Å²) in [4.78, 5) is 2.78. The van der Waals surface area contributed by atoms with E-state index in [9.17, 15) is 0 Å². The van der Waals surface area contributed by atoms with Crippen LogP contribution in [0.2, 0.25) is 0 Å². The molecule has 0 N–H and O–H groups in total. The molecule has 7 rings (SSSR count). The second kappa shape index (κ2) is 5.84. The number of benzene rings is 4. The first-order chi connectivity index (χ1) is 14.7. The Morgan fingerprint density at radius 3 is 2.47 bits per heavy atom. The van der Waals surface area contributed by atoms with Gasteiger partial charge in [0.2, 0.25) is 5.69 Å². The average Bonchev–Trinajstić information content (AvgIpc) is 3.14. The van der Waals surface area contributed by atoms with Gasteiger partial charge in [-0.2, -0.15) is 0 Å². The Bertz CT molecular complexity index is 1690. The number of aryl methyl sites for hydroxylation is 2. The molecule has 0 spiro atoms. The van der Waals surface area contributed by atoms with Gasteiger partial charge in [-0.15, -0.1) is 11.3 Å². The van der Waals surface area contributed by atoms with Gasteiger partial charge in [-0.05, 0) is 46.8 Å². The molecule has 0 bridgehead atoms. The van der Waals surface area contributed by atoms with E-state index in [1.807, 2.05) is 23.1 Å². The molecule has 4 aromatic carbocycles. The van der Waals surface area contributed by atoms with Crippen molar-refractivity contribution in [1.29, 1.82) is 0 Å². The fourth-order valence-corrected chi connectivity index (χ4v) is 7.70. The number of pyridine rings is 1. The molecule has 0 amide bonds. The molecule has 0 aliphatic carbocycles. The van der Waals surface area contributed by atoms with Crippen molar-refractivity contribution >= 4 is 64.8 Å². The number of nitrogens with zero attached hydrogens (tertiary/aromatic N) is 1. The molecule has 0 saturated heterocycles. The van der Waals surface area contributed by atoms with Crippen molar-refractivity contribution < 1.29 is 4.57 Å². The third kappa shape index (κ3) is 2.07. The highest BCUT2D eigenvalue weighted by Crippen LogP contribution is 2.53. The first kappa shape index (κ1) is 16.9. The van der Waals surface area contributed by atoms with E-state index >= 15 is 0 Å². The number of thiophene rings is 1. The lowest BCUT2D eigenvalue weighted by Gasteiger charge is -2.22. The summed E-state index contributed by atoms with van der Waals surface area (Å²) in [6, 6.07) is 24.7. The van der Waals surface area contributed by atoms with E-state index < -0.39 is 0 Å². The van der Waals surface area contributed by atoms with E-state index in [1.165, 1.54) is 68.3 Å². The van der Waals surface area contributed by atoms with Gasteiger partial charge < -0.3 is 0 Å². The van der Waals surface area contributed by atoms with Crippen LogP contribution in [0.15, 0.2) is 82.7 Å². The molecule has 1 aliphatic heterocycles. The lowest BCUT2D eigenvalue weighted by molar-refractivity contribution is -0.659. The summed E-state index contributed by atoms with van der Waals surface area (Å²) in [5.41, 5.74) is 4.11. The Labute approximate surface area is 182 Å². The van der Waals surface area contributed by atoms with Gasteiger partial charge in [0, 0.05) is 36.0 Å². The minimum Gasteiger partial charge on any atom is -0.200 e. The molecule has 3 heteroatoms. The average molecular weight is 421 g/mol. The number of rotatable bonds is 0. The second-order valence-corrected chi connectivity index (χ2v) is 10.3. The maximum atomic E-state index is 2.39. The fraction of sp³-hybridized carbons (Fsp3) is 0.0741. The summed E-state index contributed by atoms with van der Waals surface area (Å²) in [5.74, 6) is 0. The third-order valence-corrected chi connectivity index (χ3v) is 8.71. The summed E-state index contributed by atoms with van der Waals surface area (Å²) < 4.78 is 5.06. The Morgan fingerprint density at radius 1 is 0.767 bits per heavy atom. The van der Waals surface area contributed by atoms with E-state index in [0.29, 0.717) is 0 Å². The number of aromatic nitrogens is 1. The molecule has 2 aromatic heterocycles. The van der Waals surface area contributed by atoms with E-state index in [4.69, 9.17) is 0 Å². The summed E-state index contributed by atoms with van der Waals surface area (Å²) >= 11 is 3.86. The number of hydrogen-bond acceptors (Lipinski definition) is 2. The van der Waals surface area contributed by atoms with Crippen molar-refractivity contribution in [3.8, 4) is 11.3 Å². The molecular formula is C27H18NS2+. The zero-order valence-electron chi connectivity index (χ0n) is 16.7. The van der Waals surface area contributed by atoms with Gasteiger partial charge in [-0.1, -0.05) is 54.2 Å². The molecular weight excluding hydrogens is 402 g/mol. The van der Waals surface area contributed by atoms with Crippen LogP contribution >= 0.6 is 23.1 Å². The third-order valence-electron chi connectivity index (χ3n) is 6.44. The molecule has 142 valence electrons. The van der Waals surface area contributed by atoms with Gasteiger partial charge in [-0.3, -0.25) is 0 Å². The highest BCUT2D eigenvalue weighted by molar-refractivity contribution is 8.00. The lowest BCUT2D eigenvalue weighted by atomic mass is 9.93. The summed E-state index contributed by atoms with van der Waals surface area (Å²) in [6.07, 6.45) is 2.22. The van der Waals surface area contributed by atoms with Crippen molar-refractivity contribution in [2.75, 3.05) is 0 Å². The highest BCUT2D eigenvalue weighted by Gasteiger charge is 2.31. The van der Waals surface area contributed by atoms with Crippen molar-refractivity contribution in [3.05, 3.63) is 78.5 Å². The first-order valence-electron chi connectivity index (χ1n) is 10.2. The van der Waals surface area contributed by atoms with Gasteiger partial charge >= 0.3 is 0 Å². The topological polar surface area (TPSA) is 3.88 Å². The molecule has 0 radical (unpaired) electrons. The SMILES string of the molecule is Cc1c2c(cc3ccccc13)Sc1c3c-2[n+](C)ccc3cc2sc3ccccc3c12. The first-order valence-corrected chi connectivity index (χ1v) is 11.8. The molecule has 1 aliphatic rings. The van der Waals surface area contributed by atoms with Crippen LogP contribution in [-0.4, -0.2) is 0 Å². The van der Waals surface area contributed by atoms with Crippen LogP contribution in [0.5, 0.6) is 0 Å². The van der Waals surface area contributed by atoms with Gasteiger partial charge in [0.15, 0.2) is 6.20 Å². The van der Waals surface area contributed by atoms with E-state index in [2.05, 4.69) is 91.5 Å². The summed E-state index contributed by atoms with van der Waals surface area (Å²) in [6.45, 7) is 2.28. The fourth-order valence-electron chi connectivity index (χ4n) is 5.07. The van der Waals surface area contributed by atoms with Crippen LogP contribution in [0, 0.1) is 6.92 Å². The van der Waals surface area contributed by atoms with Gasteiger partial charge in [0.25, 0.3) is 0 Å². The van der Waals surface area contributed by atoms with Crippen LogP contribution in [0.1, 0.15) is 5.56 Å². The maximum absolute atomic E-state index is 2.39. The molecule has 0 fully saturated rings. The number of hydrogen-bond donors (Lipinski definition) is 0. The van der Waals surface area contributed by atoms with Crippen molar-refractivity contribution in [2.24, 2.45) is 7.05 Å². The van der Waals surface area contributed by atoms with Crippen LogP contribution in [0.4, 0.5) is 0 Å². The Kier molecular flexibility index (Phi) is 3.28. The van der Waals surface area contributed by atoms with Crippen LogP contribution in [0.25, 0.3) is 53.0 Å².